The minimum Gasteiger partial charge on any atom is -0.315 e. The van der Waals surface area contributed by atoms with Crippen molar-refractivity contribution < 1.29 is 19.6 Å². The smallest absolute Gasteiger partial charge is 0.315 e. The van der Waals surface area contributed by atoms with E-state index in [1.54, 1.807) is 48.5 Å². The summed E-state index contributed by atoms with van der Waals surface area (Å²) in [5.41, 5.74) is 1.21. The Morgan fingerprint density at radius 2 is 1.52 bits per heavy atom. The lowest BCUT2D eigenvalue weighted by Gasteiger charge is -2.28. The Kier molecular flexibility index (Phi) is 4.24. The van der Waals surface area contributed by atoms with E-state index in [4.69, 9.17) is 5.21 Å². The molecule has 1 unspecified atom stereocenters. The summed E-state index contributed by atoms with van der Waals surface area (Å²) in [6.07, 6.45) is 0. The van der Waals surface area contributed by atoms with E-state index < -0.39 is 29.4 Å². The second-order valence-corrected chi connectivity index (χ2v) is 5.74. The molecule has 7 heteroatoms. The van der Waals surface area contributed by atoms with E-state index in [0.29, 0.717) is 11.1 Å². The zero-order valence-electron chi connectivity index (χ0n) is 13.5. The van der Waals surface area contributed by atoms with Crippen LogP contribution in [0.15, 0.2) is 60.7 Å². The molecule has 4 amide bonds. The van der Waals surface area contributed by atoms with Gasteiger partial charge in [-0.2, -0.15) is 0 Å². The van der Waals surface area contributed by atoms with E-state index in [1.807, 2.05) is 12.1 Å². The van der Waals surface area contributed by atoms with Crippen molar-refractivity contribution in [2.24, 2.45) is 0 Å². The number of rotatable bonds is 4. The minimum atomic E-state index is -1.43. The highest BCUT2D eigenvalue weighted by Crippen LogP contribution is 2.36. The molecule has 2 aromatic rings. The molecular weight excluding hydrogens is 322 g/mol. The predicted molar refractivity (Wildman–Crippen MR) is 88.4 cm³/mol. The zero-order valence-corrected chi connectivity index (χ0v) is 13.5. The second-order valence-electron chi connectivity index (χ2n) is 5.74. The number of hydroxylamine groups is 1. The maximum Gasteiger partial charge on any atom is 0.326 e. The SMILES string of the molecule is CC(C(=O)NO)N1C(=O)NC(c2ccccc2)(c2ccccc2)C1=O. The number of carbonyl (C=O) groups excluding carboxylic acids is 3. The fraction of sp³-hybridized carbons (Fsp3) is 0.167. The number of carbonyl (C=O) groups is 3. The average Bonchev–Trinajstić information content (AvgIpc) is 2.93. The van der Waals surface area contributed by atoms with Gasteiger partial charge in [-0.1, -0.05) is 60.7 Å². The Hall–Kier alpha value is -3.19. The maximum absolute atomic E-state index is 13.3. The van der Waals surface area contributed by atoms with E-state index in [9.17, 15) is 14.4 Å². The molecule has 3 rings (SSSR count). The first-order chi connectivity index (χ1) is 12.0. The normalized spacial score (nSPS) is 17.1. The molecule has 1 saturated heterocycles. The van der Waals surface area contributed by atoms with Crippen LogP contribution in [0.4, 0.5) is 4.79 Å². The van der Waals surface area contributed by atoms with Crippen molar-refractivity contribution >= 4 is 17.8 Å². The molecule has 1 atom stereocenters. The first-order valence-electron chi connectivity index (χ1n) is 7.73. The van der Waals surface area contributed by atoms with Crippen molar-refractivity contribution in [1.82, 2.24) is 15.7 Å². The third-order valence-electron chi connectivity index (χ3n) is 4.34. The molecule has 25 heavy (non-hydrogen) atoms. The zero-order chi connectivity index (χ0) is 18.0. The van der Waals surface area contributed by atoms with Crippen LogP contribution >= 0.6 is 0 Å². The van der Waals surface area contributed by atoms with Gasteiger partial charge in [-0.15, -0.1) is 0 Å². The van der Waals surface area contributed by atoms with Crippen molar-refractivity contribution in [2.45, 2.75) is 18.5 Å². The van der Waals surface area contributed by atoms with Gasteiger partial charge in [0.25, 0.3) is 11.8 Å². The van der Waals surface area contributed by atoms with Gasteiger partial charge in [0, 0.05) is 0 Å². The van der Waals surface area contributed by atoms with Crippen LogP contribution in [0.5, 0.6) is 0 Å². The van der Waals surface area contributed by atoms with E-state index >= 15 is 0 Å². The van der Waals surface area contributed by atoms with Crippen LogP contribution in [0.2, 0.25) is 0 Å². The van der Waals surface area contributed by atoms with Gasteiger partial charge in [0.1, 0.15) is 6.04 Å². The molecule has 0 radical (unpaired) electrons. The molecule has 3 N–H and O–H groups in total. The summed E-state index contributed by atoms with van der Waals surface area (Å²) in [4.78, 5) is 38.4. The highest BCUT2D eigenvalue weighted by Gasteiger charge is 2.55. The summed E-state index contributed by atoms with van der Waals surface area (Å²) < 4.78 is 0. The molecule has 0 aliphatic carbocycles. The first-order valence-corrected chi connectivity index (χ1v) is 7.73. The molecule has 1 aliphatic heterocycles. The number of hydrogen-bond donors (Lipinski definition) is 3. The van der Waals surface area contributed by atoms with Gasteiger partial charge in [0.15, 0.2) is 5.54 Å². The number of benzene rings is 2. The number of nitrogens with zero attached hydrogens (tertiary/aromatic N) is 1. The Labute approximate surface area is 144 Å². The third-order valence-corrected chi connectivity index (χ3v) is 4.34. The Morgan fingerprint density at radius 3 is 1.96 bits per heavy atom. The van der Waals surface area contributed by atoms with Crippen molar-refractivity contribution in [3.63, 3.8) is 0 Å². The van der Waals surface area contributed by atoms with E-state index in [-0.39, 0.29) is 0 Å². The van der Waals surface area contributed by atoms with Crippen molar-refractivity contribution in [3.8, 4) is 0 Å². The molecule has 0 bridgehead atoms. The Balaban J connectivity index is 2.16. The number of hydrogen-bond acceptors (Lipinski definition) is 4. The van der Waals surface area contributed by atoms with Crippen molar-refractivity contribution in [3.05, 3.63) is 71.8 Å². The van der Waals surface area contributed by atoms with Crippen LogP contribution in [-0.4, -0.2) is 34.0 Å². The summed E-state index contributed by atoms with van der Waals surface area (Å²) >= 11 is 0. The molecular formula is C18H17N3O4. The first kappa shape index (κ1) is 16.7. The topological polar surface area (TPSA) is 98.7 Å². The van der Waals surface area contributed by atoms with Gasteiger partial charge in [-0.05, 0) is 18.1 Å². The lowest BCUT2D eigenvalue weighted by molar-refractivity contribution is -0.141. The molecule has 1 fully saturated rings. The summed E-state index contributed by atoms with van der Waals surface area (Å²) in [5, 5.41) is 11.6. The third kappa shape index (κ3) is 2.54. The lowest BCUT2D eigenvalue weighted by atomic mass is 9.82. The molecule has 7 nitrogen and oxygen atoms in total. The quantitative estimate of drug-likeness (QED) is 0.445. The number of imide groups is 1. The molecule has 128 valence electrons. The van der Waals surface area contributed by atoms with Crippen LogP contribution in [0, 0.1) is 0 Å². The Bertz CT molecular complexity index is 768. The monoisotopic (exact) mass is 339 g/mol. The van der Waals surface area contributed by atoms with Crippen LogP contribution in [0.3, 0.4) is 0 Å². The molecule has 0 saturated carbocycles. The van der Waals surface area contributed by atoms with Gasteiger partial charge in [-0.25, -0.2) is 15.2 Å². The van der Waals surface area contributed by atoms with E-state index in [0.717, 1.165) is 4.90 Å². The minimum absolute atomic E-state index is 0.578. The number of amides is 4. The van der Waals surface area contributed by atoms with Gasteiger partial charge >= 0.3 is 6.03 Å². The van der Waals surface area contributed by atoms with Gasteiger partial charge in [0.05, 0.1) is 0 Å². The van der Waals surface area contributed by atoms with E-state index in [2.05, 4.69) is 5.32 Å². The van der Waals surface area contributed by atoms with Gasteiger partial charge in [0.2, 0.25) is 0 Å². The standard InChI is InChI=1S/C18H17N3O4/c1-12(15(22)20-25)21-16(23)18(19-17(21)24,13-8-4-2-5-9-13)14-10-6-3-7-11-14/h2-12,25H,1H3,(H,19,24)(H,20,22). The van der Waals surface area contributed by atoms with Crippen LogP contribution in [0.1, 0.15) is 18.1 Å². The van der Waals surface area contributed by atoms with Crippen molar-refractivity contribution in [2.75, 3.05) is 0 Å². The fourth-order valence-corrected chi connectivity index (χ4v) is 3.04. The highest BCUT2D eigenvalue weighted by atomic mass is 16.5. The summed E-state index contributed by atoms with van der Waals surface area (Å²) in [6, 6.07) is 15.8. The molecule has 1 heterocycles. The molecule has 2 aromatic carbocycles. The predicted octanol–water partition coefficient (Wildman–Crippen LogP) is 1.38. The largest absolute Gasteiger partial charge is 0.326 e. The maximum atomic E-state index is 13.3. The van der Waals surface area contributed by atoms with Crippen LogP contribution < -0.4 is 10.8 Å². The summed E-state index contributed by atoms with van der Waals surface area (Å²) in [5.74, 6) is -1.42. The lowest BCUT2D eigenvalue weighted by Crippen LogP contribution is -2.49. The van der Waals surface area contributed by atoms with Crippen LogP contribution in [0.25, 0.3) is 0 Å². The number of urea groups is 1. The second kappa shape index (κ2) is 6.37. The summed E-state index contributed by atoms with van der Waals surface area (Å²) in [6.45, 7) is 1.37. The van der Waals surface area contributed by atoms with Crippen LogP contribution in [-0.2, 0) is 15.1 Å². The molecule has 1 aliphatic rings. The molecule has 0 spiro atoms. The van der Waals surface area contributed by atoms with Gasteiger partial charge in [-0.3, -0.25) is 14.8 Å². The fourth-order valence-electron chi connectivity index (χ4n) is 3.04. The van der Waals surface area contributed by atoms with E-state index in [1.165, 1.54) is 12.4 Å². The number of nitrogens with one attached hydrogen (secondary N) is 2. The molecule has 0 aromatic heterocycles. The highest BCUT2D eigenvalue weighted by molar-refractivity contribution is 6.11. The Morgan fingerprint density at radius 1 is 1.04 bits per heavy atom. The van der Waals surface area contributed by atoms with Crippen molar-refractivity contribution in [1.29, 1.82) is 0 Å². The summed E-state index contributed by atoms with van der Waals surface area (Å²) in [7, 11) is 0. The van der Waals surface area contributed by atoms with Gasteiger partial charge < -0.3 is 5.32 Å². The average molecular weight is 339 g/mol.